The summed E-state index contributed by atoms with van der Waals surface area (Å²) >= 11 is 6.31. The highest BCUT2D eigenvalue weighted by atomic mass is 35.5. The molecule has 1 aliphatic rings. The normalized spacial score (nSPS) is 26.3. The van der Waals surface area contributed by atoms with Crippen LogP contribution in [0.1, 0.15) is 43.7 Å². The summed E-state index contributed by atoms with van der Waals surface area (Å²) in [6.45, 7) is 3.19. The zero-order chi connectivity index (χ0) is 15.5. The molecule has 1 aliphatic carbocycles. The third kappa shape index (κ3) is 3.44. The molecule has 3 heteroatoms. The van der Waals surface area contributed by atoms with Crippen LogP contribution in [0, 0.1) is 0 Å². The first kappa shape index (κ1) is 16.8. The van der Waals surface area contributed by atoms with Crippen molar-refractivity contribution in [2.24, 2.45) is 0 Å². The predicted octanol–water partition coefficient (Wildman–Crippen LogP) is 4.29. The summed E-state index contributed by atoms with van der Waals surface area (Å²) in [7, 11) is 6.16. The summed E-state index contributed by atoms with van der Waals surface area (Å²) in [5.41, 5.74) is 2.72. The topological polar surface area (TPSA) is 12.5 Å². The van der Waals surface area contributed by atoms with Crippen LogP contribution in [0.15, 0.2) is 18.2 Å². The van der Waals surface area contributed by atoms with Gasteiger partial charge in [-0.3, -0.25) is 0 Å². The van der Waals surface area contributed by atoms with E-state index in [1.165, 1.54) is 30.4 Å². The number of likely N-dealkylation sites (N-methyl/N-ethyl adjacent to an activating group) is 1. The predicted molar refractivity (Wildman–Crippen MR) is 90.3 cm³/mol. The number of hydrogen-bond donors (Lipinski definition) is 0. The molecule has 0 spiro atoms. The SMILES string of the molecule is CCc1cc(C2(CN(C)C)CCCCC2OC)ccc1Cl. The molecule has 0 aromatic heterocycles. The Morgan fingerprint density at radius 1 is 1.33 bits per heavy atom. The fourth-order valence-electron chi connectivity index (χ4n) is 3.87. The lowest BCUT2D eigenvalue weighted by Gasteiger charge is -2.45. The molecular formula is C18H28ClNO. The van der Waals surface area contributed by atoms with E-state index in [1.807, 2.05) is 7.11 Å². The van der Waals surface area contributed by atoms with Crippen LogP contribution in [0.4, 0.5) is 0 Å². The summed E-state index contributed by atoms with van der Waals surface area (Å²) in [4.78, 5) is 2.29. The third-order valence-corrected chi connectivity index (χ3v) is 5.21. The molecule has 0 amide bonds. The number of ether oxygens (including phenoxy) is 1. The van der Waals surface area contributed by atoms with Gasteiger partial charge in [-0.25, -0.2) is 0 Å². The molecule has 0 N–H and O–H groups in total. The van der Waals surface area contributed by atoms with Crippen LogP contribution in [-0.4, -0.2) is 38.8 Å². The lowest BCUT2D eigenvalue weighted by atomic mass is 9.66. The highest BCUT2D eigenvalue weighted by Gasteiger charge is 2.43. The van der Waals surface area contributed by atoms with Gasteiger partial charge in [-0.1, -0.05) is 43.5 Å². The van der Waals surface area contributed by atoms with Crippen molar-refractivity contribution in [2.45, 2.75) is 50.5 Å². The number of hydrogen-bond acceptors (Lipinski definition) is 2. The minimum absolute atomic E-state index is 0.0883. The van der Waals surface area contributed by atoms with E-state index in [9.17, 15) is 0 Å². The molecule has 118 valence electrons. The van der Waals surface area contributed by atoms with Gasteiger partial charge in [0, 0.05) is 24.1 Å². The van der Waals surface area contributed by atoms with Crippen LogP contribution in [-0.2, 0) is 16.6 Å². The lowest BCUT2D eigenvalue weighted by molar-refractivity contribution is -0.00950. The van der Waals surface area contributed by atoms with Crippen molar-refractivity contribution in [2.75, 3.05) is 27.7 Å². The number of nitrogens with zero attached hydrogens (tertiary/aromatic N) is 1. The van der Waals surface area contributed by atoms with Gasteiger partial charge in [0.15, 0.2) is 0 Å². The highest BCUT2D eigenvalue weighted by molar-refractivity contribution is 6.31. The van der Waals surface area contributed by atoms with Gasteiger partial charge in [-0.15, -0.1) is 0 Å². The van der Waals surface area contributed by atoms with Crippen molar-refractivity contribution >= 4 is 11.6 Å². The minimum Gasteiger partial charge on any atom is -0.380 e. The van der Waals surface area contributed by atoms with Crippen LogP contribution >= 0.6 is 11.6 Å². The monoisotopic (exact) mass is 309 g/mol. The third-order valence-electron chi connectivity index (χ3n) is 4.84. The average Bonchev–Trinajstić information content (AvgIpc) is 2.47. The molecule has 0 aliphatic heterocycles. The quantitative estimate of drug-likeness (QED) is 0.804. The smallest absolute Gasteiger partial charge is 0.0680 e. The maximum absolute atomic E-state index is 6.31. The molecule has 0 heterocycles. The molecule has 2 rings (SSSR count). The Balaban J connectivity index is 2.48. The van der Waals surface area contributed by atoms with Gasteiger partial charge in [0.1, 0.15) is 0 Å². The minimum atomic E-state index is 0.0883. The molecule has 21 heavy (non-hydrogen) atoms. The van der Waals surface area contributed by atoms with Gasteiger partial charge < -0.3 is 9.64 Å². The van der Waals surface area contributed by atoms with E-state index in [0.717, 1.165) is 24.4 Å². The molecular weight excluding hydrogens is 282 g/mol. The van der Waals surface area contributed by atoms with Gasteiger partial charge in [0.05, 0.1) is 6.10 Å². The molecule has 1 aromatic carbocycles. The first-order valence-electron chi connectivity index (χ1n) is 8.00. The molecule has 0 bridgehead atoms. The summed E-state index contributed by atoms with van der Waals surface area (Å²) in [5, 5.41) is 0.881. The van der Waals surface area contributed by atoms with E-state index in [1.54, 1.807) is 0 Å². The van der Waals surface area contributed by atoms with Gasteiger partial charge >= 0.3 is 0 Å². The largest absolute Gasteiger partial charge is 0.380 e. The van der Waals surface area contributed by atoms with Crippen LogP contribution in [0.25, 0.3) is 0 Å². The second kappa shape index (κ2) is 7.13. The molecule has 0 radical (unpaired) electrons. The van der Waals surface area contributed by atoms with E-state index >= 15 is 0 Å². The standard InChI is InChI=1S/C18H28ClNO/c1-5-14-12-15(9-10-16(14)19)18(13-20(2)3)11-7-6-8-17(18)21-4/h9-10,12,17H,5-8,11,13H2,1-4H3. The molecule has 1 saturated carbocycles. The summed E-state index contributed by atoms with van der Waals surface area (Å²) in [6.07, 6.45) is 6.14. The van der Waals surface area contributed by atoms with Crippen molar-refractivity contribution in [3.63, 3.8) is 0 Å². The number of benzene rings is 1. The van der Waals surface area contributed by atoms with E-state index < -0.39 is 0 Å². The zero-order valence-corrected chi connectivity index (χ0v) is 14.5. The van der Waals surface area contributed by atoms with E-state index in [0.29, 0.717) is 6.10 Å². The van der Waals surface area contributed by atoms with Crippen LogP contribution in [0.3, 0.4) is 0 Å². The van der Waals surface area contributed by atoms with Crippen molar-refractivity contribution in [3.05, 3.63) is 34.3 Å². The average molecular weight is 310 g/mol. The van der Waals surface area contributed by atoms with E-state index in [4.69, 9.17) is 16.3 Å². The second-order valence-corrected chi connectivity index (χ2v) is 6.93. The molecule has 2 atom stereocenters. The van der Waals surface area contributed by atoms with Crippen molar-refractivity contribution in [1.82, 2.24) is 4.90 Å². The highest BCUT2D eigenvalue weighted by Crippen LogP contribution is 2.42. The van der Waals surface area contributed by atoms with Crippen molar-refractivity contribution in [1.29, 1.82) is 0 Å². The van der Waals surface area contributed by atoms with Gasteiger partial charge in [0.25, 0.3) is 0 Å². The summed E-state index contributed by atoms with van der Waals surface area (Å²) in [6, 6.07) is 6.58. The van der Waals surface area contributed by atoms with Crippen molar-refractivity contribution < 1.29 is 4.74 Å². The summed E-state index contributed by atoms with van der Waals surface area (Å²) < 4.78 is 5.91. The molecule has 2 nitrogen and oxygen atoms in total. The van der Waals surface area contributed by atoms with Gasteiger partial charge in [0.2, 0.25) is 0 Å². The Kier molecular flexibility index (Phi) is 5.70. The van der Waals surface area contributed by atoms with Crippen LogP contribution in [0.2, 0.25) is 5.02 Å². The van der Waals surface area contributed by atoms with Gasteiger partial charge in [-0.05, 0) is 50.6 Å². The Morgan fingerprint density at radius 2 is 2.10 bits per heavy atom. The molecule has 1 fully saturated rings. The Morgan fingerprint density at radius 3 is 2.71 bits per heavy atom. The van der Waals surface area contributed by atoms with Gasteiger partial charge in [-0.2, -0.15) is 0 Å². The number of rotatable bonds is 5. The summed E-state index contributed by atoms with van der Waals surface area (Å²) in [5.74, 6) is 0. The molecule has 2 unspecified atom stereocenters. The first-order chi connectivity index (χ1) is 10.0. The first-order valence-corrected chi connectivity index (χ1v) is 8.37. The number of methoxy groups -OCH3 is 1. The Bertz CT molecular complexity index is 474. The Labute approximate surface area is 134 Å². The number of halogens is 1. The fourth-order valence-corrected chi connectivity index (χ4v) is 4.12. The maximum Gasteiger partial charge on any atom is 0.0680 e. The molecule has 0 saturated heterocycles. The fraction of sp³-hybridized carbons (Fsp3) is 0.667. The van der Waals surface area contributed by atoms with E-state index in [-0.39, 0.29) is 5.41 Å². The number of aryl methyl sites for hydroxylation is 1. The van der Waals surface area contributed by atoms with E-state index in [2.05, 4.69) is 44.1 Å². The molecule has 1 aromatic rings. The lowest BCUT2D eigenvalue weighted by Crippen LogP contribution is -2.50. The van der Waals surface area contributed by atoms with Crippen LogP contribution in [0.5, 0.6) is 0 Å². The van der Waals surface area contributed by atoms with Crippen molar-refractivity contribution in [3.8, 4) is 0 Å². The maximum atomic E-state index is 6.31. The zero-order valence-electron chi connectivity index (χ0n) is 13.8. The second-order valence-electron chi connectivity index (χ2n) is 6.52. The Hall–Kier alpha value is -0.570. The van der Waals surface area contributed by atoms with Crippen LogP contribution < -0.4 is 0 Å².